The van der Waals surface area contributed by atoms with Crippen molar-refractivity contribution in [3.63, 3.8) is 0 Å². The molecule has 0 unspecified atom stereocenters. The number of hydrogen-bond acceptors (Lipinski definition) is 2. The molecule has 13 heavy (non-hydrogen) atoms. The van der Waals surface area contributed by atoms with E-state index in [9.17, 15) is 0 Å². The molecule has 0 aliphatic carbocycles. The van der Waals surface area contributed by atoms with Crippen LogP contribution in [-0.2, 0) is 0 Å². The minimum Gasteiger partial charge on any atom is -0.361 e. The molecule has 0 radical (unpaired) electrons. The van der Waals surface area contributed by atoms with Gasteiger partial charge in [-0.05, 0) is 18.2 Å². The summed E-state index contributed by atoms with van der Waals surface area (Å²) in [5, 5.41) is 1.21. The molecule has 1 aromatic carbocycles. The molecule has 0 amide bonds. The fourth-order valence-corrected chi connectivity index (χ4v) is 2.24. The second-order valence-corrected chi connectivity index (χ2v) is 4.17. The van der Waals surface area contributed by atoms with Crippen molar-refractivity contribution in [2.45, 2.75) is 0 Å². The predicted octanol–water partition coefficient (Wildman–Crippen LogP) is 3.62. The van der Waals surface area contributed by atoms with Crippen LogP contribution in [0.4, 0.5) is 5.69 Å². The average molecular weight is 257 g/mol. The van der Waals surface area contributed by atoms with Gasteiger partial charge in [0.25, 0.3) is 0 Å². The Bertz CT molecular complexity index is 424. The Morgan fingerprint density at radius 3 is 3.08 bits per heavy atom. The van der Waals surface area contributed by atoms with E-state index in [1.54, 1.807) is 11.9 Å². The first-order valence-electron chi connectivity index (χ1n) is 3.87. The van der Waals surface area contributed by atoms with Crippen LogP contribution in [0.1, 0.15) is 0 Å². The number of H-pyrrole nitrogens is 1. The Morgan fingerprint density at radius 2 is 2.31 bits per heavy atom. The molecular formula is C9H9BrN2S. The van der Waals surface area contributed by atoms with E-state index in [-0.39, 0.29) is 0 Å². The summed E-state index contributed by atoms with van der Waals surface area (Å²) < 4.78 is 4.31. The smallest absolute Gasteiger partial charge is 0.0486 e. The lowest BCUT2D eigenvalue weighted by atomic mass is 10.2. The zero-order chi connectivity index (χ0) is 9.26. The Balaban J connectivity index is 2.56. The molecule has 1 heterocycles. The van der Waals surface area contributed by atoms with Gasteiger partial charge in [-0.25, -0.2) is 0 Å². The number of aromatic amines is 1. The molecule has 4 heteroatoms. The number of hydrogen-bond donors (Lipinski definition) is 2. The van der Waals surface area contributed by atoms with Crippen molar-refractivity contribution in [2.24, 2.45) is 0 Å². The number of rotatable bonds is 2. The highest BCUT2D eigenvalue weighted by Crippen LogP contribution is 2.28. The monoisotopic (exact) mass is 256 g/mol. The highest BCUT2D eigenvalue weighted by atomic mass is 79.9. The van der Waals surface area contributed by atoms with Crippen LogP contribution in [0.25, 0.3) is 10.9 Å². The van der Waals surface area contributed by atoms with E-state index < -0.39 is 0 Å². The van der Waals surface area contributed by atoms with Crippen molar-refractivity contribution >= 4 is 44.5 Å². The predicted molar refractivity (Wildman–Crippen MR) is 63.1 cm³/mol. The lowest BCUT2D eigenvalue weighted by Crippen LogP contribution is -1.84. The van der Waals surface area contributed by atoms with Crippen LogP contribution in [0, 0.1) is 0 Å². The van der Waals surface area contributed by atoms with Crippen molar-refractivity contribution in [1.29, 1.82) is 0 Å². The van der Waals surface area contributed by atoms with E-state index in [1.165, 1.54) is 5.39 Å². The highest BCUT2D eigenvalue weighted by molar-refractivity contribution is 9.10. The Hall–Kier alpha value is -0.610. The summed E-state index contributed by atoms with van der Waals surface area (Å²) in [6.07, 6.45) is 3.95. The quantitative estimate of drug-likeness (QED) is 0.804. The van der Waals surface area contributed by atoms with Crippen LogP contribution in [-0.4, -0.2) is 11.2 Å². The molecular weight excluding hydrogens is 248 g/mol. The third kappa shape index (κ3) is 1.69. The van der Waals surface area contributed by atoms with Gasteiger partial charge < -0.3 is 9.71 Å². The van der Waals surface area contributed by atoms with Crippen LogP contribution in [0.5, 0.6) is 0 Å². The third-order valence-electron chi connectivity index (χ3n) is 1.84. The molecule has 0 aliphatic heterocycles. The minimum absolute atomic E-state index is 1.11. The largest absolute Gasteiger partial charge is 0.361 e. The molecule has 0 saturated heterocycles. The summed E-state index contributed by atoms with van der Waals surface area (Å²) in [5.41, 5.74) is 2.25. The molecule has 0 fully saturated rings. The normalized spacial score (nSPS) is 10.6. The first-order valence-corrected chi connectivity index (χ1v) is 5.88. The lowest BCUT2D eigenvalue weighted by Gasteiger charge is -2.03. The van der Waals surface area contributed by atoms with Crippen LogP contribution in [0.15, 0.2) is 28.9 Å². The SMILES string of the molecule is CSNc1cc(Br)c2cc[nH]c2c1. The summed E-state index contributed by atoms with van der Waals surface area (Å²) in [4.78, 5) is 3.18. The summed E-state index contributed by atoms with van der Waals surface area (Å²) >= 11 is 5.12. The van der Waals surface area contributed by atoms with Crippen LogP contribution < -0.4 is 4.72 Å². The number of fused-ring (bicyclic) bond motifs is 1. The maximum atomic E-state index is 3.53. The Labute approximate surface area is 89.4 Å². The molecule has 2 nitrogen and oxygen atoms in total. The first-order chi connectivity index (χ1) is 6.31. The fourth-order valence-electron chi connectivity index (χ4n) is 1.30. The second kappa shape index (κ2) is 3.64. The third-order valence-corrected chi connectivity index (χ3v) is 2.93. The Morgan fingerprint density at radius 1 is 1.46 bits per heavy atom. The second-order valence-electron chi connectivity index (χ2n) is 2.70. The first kappa shape index (κ1) is 8.97. The highest BCUT2D eigenvalue weighted by Gasteiger charge is 2.01. The van der Waals surface area contributed by atoms with E-state index in [4.69, 9.17) is 0 Å². The van der Waals surface area contributed by atoms with Gasteiger partial charge >= 0.3 is 0 Å². The number of anilines is 1. The van der Waals surface area contributed by atoms with Crippen molar-refractivity contribution < 1.29 is 0 Å². The van der Waals surface area contributed by atoms with Crippen molar-refractivity contribution in [3.05, 3.63) is 28.9 Å². The zero-order valence-electron chi connectivity index (χ0n) is 7.10. The van der Waals surface area contributed by atoms with Gasteiger partial charge in [-0.1, -0.05) is 27.9 Å². The molecule has 0 bridgehead atoms. The number of aromatic nitrogens is 1. The fraction of sp³-hybridized carbons (Fsp3) is 0.111. The molecule has 2 rings (SSSR count). The van der Waals surface area contributed by atoms with Gasteiger partial charge in [0.15, 0.2) is 0 Å². The topological polar surface area (TPSA) is 27.8 Å². The van der Waals surface area contributed by atoms with Crippen LogP contribution in [0.2, 0.25) is 0 Å². The van der Waals surface area contributed by atoms with E-state index in [1.807, 2.05) is 12.5 Å². The lowest BCUT2D eigenvalue weighted by molar-refractivity contribution is 1.48. The van der Waals surface area contributed by atoms with Crippen LogP contribution >= 0.6 is 27.9 Å². The average Bonchev–Trinajstić information content (AvgIpc) is 2.53. The molecule has 1 aromatic heterocycles. The van der Waals surface area contributed by atoms with Crippen molar-refractivity contribution in [3.8, 4) is 0 Å². The number of halogens is 1. The molecule has 0 saturated carbocycles. The number of benzene rings is 1. The molecule has 0 spiro atoms. The zero-order valence-corrected chi connectivity index (χ0v) is 9.50. The van der Waals surface area contributed by atoms with Gasteiger partial charge in [0.2, 0.25) is 0 Å². The van der Waals surface area contributed by atoms with Gasteiger partial charge in [-0.3, -0.25) is 0 Å². The summed E-state index contributed by atoms with van der Waals surface area (Å²) in [5.74, 6) is 0. The van der Waals surface area contributed by atoms with Gasteiger partial charge in [-0.2, -0.15) is 0 Å². The van der Waals surface area contributed by atoms with E-state index in [2.05, 4.69) is 43.8 Å². The minimum atomic E-state index is 1.11. The van der Waals surface area contributed by atoms with E-state index in [0.29, 0.717) is 0 Å². The van der Waals surface area contributed by atoms with Gasteiger partial charge in [0, 0.05) is 33.5 Å². The van der Waals surface area contributed by atoms with Gasteiger partial charge in [0.05, 0.1) is 0 Å². The standard InChI is InChI=1S/C9H9BrN2S/c1-13-12-6-4-8(10)7-2-3-11-9(7)5-6/h2-5,11-12H,1H3. The summed E-state index contributed by atoms with van der Waals surface area (Å²) in [7, 11) is 0. The van der Waals surface area contributed by atoms with Gasteiger partial charge in [0.1, 0.15) is 0 Å². The maximum Gasteiger partial charge on any atom is 0.0486 e. The molecule has 2 aromatic rings. The van der Waals surface area contributed by atoms with E-state index in [0.717, 1.165) is 15.7 Å². The Kier molecular flexibility index (Phi) is 2.51. The molecule has 0 aliphatic rings. The van der Waals surface area contributed by atoms with Gasteiger partial charge in [-0.15, -0.1) is 0 Å². The van der Waals surface area contributed by atoms with Crippen LogP contribution in [0.3, 0.4) is 0 Å². The van der Waals surface area contributed by atoms with Crippen molar-refractivity contribution in [2.75, 3.05) is 11.0 Å². The molecule has 0 atom stereocenters. The summed E-state index contributed by atoms with van der Waals surface area (Å²) in [6.45, 7) is 0. The van der Waals surface area contributed by atoms with E-state index >= 15 is 0 Å². The molecule has 68 valence electrons. The summed E-state index contributed by atoms with van der Waals surface area (Å²) in [6, 6.07) is 6.23. The maximum absolute atomic E-state index is 3.53. The molecule has 2 N–H and O–H groups in total. The number of nitrogens with one attached hydrogen (secondary N) is 2. The van der Waals surface area contributed by atoms with Crippen molar-refractivity contribution in [1.82, 2.24) is 4.98 Å².